The van der Waals surface area contributed by atoms with Crippen molar-refractivity contribution >= 4 is 35.3 Å². The van der Waals surface area contributed by atoms with Crippen LogP contribution in [0.1, 0.15) is 39.5 Å². The van der Waals surface area contributed by atoms with Crippen molar-refractivity contribution in [3.05, 3.63) is 0 Å². The molecule has 1 atom stereocenters. The number of carbonyl (C=O) groups excluding carboxylic acids is 1. The quantitative estimate of drug-likeness (QED) is 0.617. The summed E-state index contributed by atoms with van der Waals surface area (Å²) in [4.78, 5) is 11.7. The fourth-order valence-electron chi connectivity index (χ4n) is 1.53. The molecule has 5 nitrogen and oxygen atoms in total. The van der Waals surface area contributed by atoms with Crippen LogP contribution in [-0.4, -0.2) is 35.3 Å². The van der Waals surface area contributed by atoms with Gasteiger partial charge in [-0.1, -0.05) is 0 Å². The molecule has 1 unspecified atom stereocenters. The van der Waals surface area contributed by atoms with Crippen LogP contribution in [-0.2, 0) is 15.8 Å². The molecule has 7 heteroatoms. The summed E-state index contributed by atoms with van der Waals surface area (Å²) in [7, 11) is -0.521. The van der Waals surface area contributed by atoms with E-state index in [1.807, 2.05) is 6.92 Å². The molecule has 0 aromatic heterocycles. The van der Waals surface area contributed by atoms with Crippen LogP contribution in [0.2, 0.25) is 0 Å². The second-order valence-electron chi connectivity index (χ2n) is 3.71. The molecular weight excluding hydrogens is 396 g/mol. The molecule has 3 aliphatic rings. The van der Waals surface area contributed by atoms with E-state index in [-0.39, 0.29) is 11.9 Å². The number of carbonyl (C=O) groups is 1. The van der Waals surface area contributed by atoms with Crippen molar-refractivity contribution in [2.75, 3.05) is 0 Å². The van der Waals surface area contributed by atoms with Gasteiger partial charge in [0.05, 0.1) is 0 Å². The molecule has 0 saturated carbocycles. The standard InChI is InChI=1S/C8H16O2.BO3.Bi/c1-3-5-6-7(4-2)8(9)10;2-1(3)4;/h7H,3-6H2,1-2H3,(H,9,10);;/q;-3;+4/p-1. The molecule has 15 heavy (non-hydrogen) atoms. The second-order valence-corrected chi connectivity index (χ2v) is 10.4. The Kier molecular flexibility index (Phi) is 3.66. The molecule has 3 saturated heterocycles. The van der Waals surface area contributed by atoms with Crippen LogP contribution in [0.15, 0.2) is 0 Å². The maximum atomic E-state index is 11.7. The molecule has 0 spiro atoms. The second kappa shape index (κ2) is 4.66. The van der Waals surface area contributed by atoms with Crippen LogP contribution in [0.4, 0.5) is 0 Å². The van der Waals surface area contributed by atoms with Crippen LogP contribution >= 0.6 is 0 Å². The van der Waals surface area contributed by atoms with Gasteiger partial charge in [-0.25, -0.2) is 0 Å². The van der Waals surface area contributed by atoms with Gasteiger partial charge in [-0.15, -0.1) is 0 Å². The summed E-state index contributed by atoms with van der Waals surface area (Å²) in [5, 5.41) is 0. The van der Waals surface area contributed by atoms with Gasteiger partial charge in [0, 0.05) is 0 Å². The zero-order valence-corrected chi connectivity index (χ0v) is 12.4. The van der Waals surface area contributed by atoms with E-state index in [2.05, 4.69) is 6.92 Å². The molecular formula is C8H15BBiO5. The van der Waals surface area contributed by atoms with E-state index in [0.717, 1.165) is 25.7 Å². The molecule has 3 heterocycles. The first-order valence-electron chi connectivity index (χ1n) is 5.37. The van der Waals surface area contributed by atoms with Crippen LogP contribution in [0.25, 0.3) is 0 Å². The van der Waals surface area contributed by atoms with Crippen molar-refractivity contribution < 1.29 is 15.8 Å². The molecule has 1 radical (unpaired) electrons. The van der Waals surface area contributed by atoms with Gasteiger partial charge < -0.3 is 0 Å². The van der Waals surface area contributed by atoms with Crippen molar-refractivity contribution in [1.82, 2.24) is 0 Å². The number of hydrogen-bond donors (Lipinski definition) is 0. The average Bonchev–Trinajstić information content (AvgIpc) is 2.10. The zero-order valence-electron chi connectivity index (χ0n) is 8.97. The van der Waals surface area contributed by atoms with Crippen molar-refractivity contribution in [1.29, 1.82) is 0 Å². The third-order valence-corrected chi connectivity index (χ3v) is 9.17. The van der Waals surface area contributed by atoms with Crippen molar-refractivity contribution in [3.63, 3.8) is 0 Å². The molecule has 3 rings (SSSR count). The fourth-order valence-corrected chi connectivity index (χ4v) is 6.11. The molecule has 2 bridgehead atoms. The number of unbranched alkanes of at least 4 members (excludes halogenated alkanes) is 1. The Labute approximate surface area is 96.5 Å². The van der Waals surface area contributed by atoms with Gasteiger partial charge in [0.25, 0.3) is 0 Å². The monoisotopic (exact) mass is 411 g/mol. The van der Waals surface area contributed by atoms with Gasteiger partial charge in [0.15, 0.2) is 0 Å². The Bertz CT molecular complexity index is 244. The summed E-state index contributed by atoms with van der Waals surface area (Å²) < 4.78 is 20.5. The average molecular weight is 411 g/mol. The first-order valence-corrected chi connectivity index (χ1v) is 11.0. The summed E-state index contributed by atoms with van der Waals surface area (Å²) in [6, 6.07) is 0. The van der Waals surface area contributed by atoms with E-state index in [1.165, 1.54) is 0 Å². The normalized spacial score (nSPS) is 22.7. The number of rotatable bonds is 6. The molecule has 0 N–H and O–H groups in total. The van der Waals surface area contributed by atoms with Crippen LogP contribution in [0.3, 0.4) is 0 Å². The minimum absolute atomic E-state index is 0.0344. The van der Waals surface area contributed by atoms with Crippen LogP contribution in [0.5, 0.6) is 0 Å². The predicted octanol–water partition coefficient (Wildman–Crippen LogP) is 1.24. The Balaban J connectivity index is 1.76. The Morgan fingerprint density at radius 3 is 2.47 bits per heavy atom. The molecule has 0 aliphatic carbocycles. The van der Waals surface area contributed by atoms with E-state index in [9.17, 15) is 4.79 Å². The van der Waals surface area contributed by atoms with E-state index in [1.54, 1.807) is 0 Å². The van der Waals surface area contributed by atoms with E-state index in [0.29, 0.717) is 0 Å². The summed E-state index contributed by atoms with van der Waals surface area (Å²) >= 11 is -3.65. The summed E-state index contributed by atoms with van der Waals surface area (Å²) in [5.74, 6) is -0.240. The zero-order chi connectivity index (χ0) is 10.9. The van der Waals surface area contributed by atoms with Crippen molar-refractivity contribution in [2.45, 2.75) is 39.5 Å². The molecule has 3 aliphatic heterocycles. The third kappa shape index (κ3) is 2.36. The minimum atomic E-state index is -3.65. The summed E-state index contributed by atoms with van der Waals surface area (Å²) in [6.07, 6.45) is 3.80. The summed E-state index contributed by atoms with van der Waals surface area (Å²) in [5.41, 5.74) is 0. The van der Waals surface area contributed by atoms with Crippen molar-refractivity contribution in [3.8, 4) is 0 Å². The van der Waals surface area contributed by atoms with Gasteiger partial charge in [-0.3, -0.25) is 0 Å². The molecule has 0 amide bonds. The molecule has 3 fully saturated rings. The molecule has 0 aromatic carbocycles. The van der Waals surface area contributed by atoms with Crippen LogP contribution in [0, 0.1) is 5.92 Å². The molecule has 0 aromatic rings. The molecule has 85 valence electrons. The fraction of sp³-hybridized carbons (Fsp3) is 0.875. The predicted molar refractivity (Wildman–Crippen MR) is 54.2 cm³/mol. The van der Waals surface area contributed by atoms with Gasteiger partial charge >= 0.3 is 96.6 Å². The third-order valence-electron chi connectivity index (χ3n) is 2.58. The first-order chi connectivity index (χ1) is 7.19. The maximum absolute atomic E-state index is 11.7. The van der Waals surface area contributed by atoms with E-state index < -0.39 is 29.3 Å². The van der Waals surface area contributed by atoms with E-state index in [4.69, 9.17) is 11.0 Å². The van der Waals surface area contributed by atoms with Gasteiger partial charge in [-0.2, -0.15) is 0 Å². The Hall–Kier alpha value is 0.298. The Morgan fingerprint density at radius 2 is 2.07 bits per heavy atom. The SMILES string of the molecule is CCCCC(CC)C(=O)[O][Bi]12[O]B([O]1)[O]2. The van der Waals surface area contributed by atoms with E-state index >= 15 is 0 Å². The summed E-state index contributed by atoms with van der Waals surface area (Å²) in [6.45, 7) is 4.09. The number of hydrogen-bond acceptors (Lipinski definition) is 5. The van der Waals surface area contributed by atoms with Crippen molar-refractivity contribution in [2.24, 2.45) is 5.92 Å². The van der Waals surface area contributed by atoms with Gasteiger partial charge in [0.1, 0.15) is 0 Å². The van der Waals surface area contributed by atoms with Gasteiger partial charge in [-0.05, 0) is 0 Å². The first kappa shape index (κ1) is 11.8. The van der Waals surface area contributed by atoms with Crippen LogP contribution < -0.4 is 0 Å². The topological polar surface area (TPSA) is 54.0 Å². The Morgan fingerprint density at radius 1 is 1.40 bits per heavy atom. The van der Waals surface area contributed by atoms with Gasteiger partial charge in [0.2, 0.25) is 0 Å².